The average molecular weight is 892 g/mol. The summed E-state index contributed by atoms with van der Waals surface area (Å²) in [6, 6.07) is 0. The summed E-state index contributed by atoms with van der Waals surface area (Å²) >= 11 is 0. The molecular weight excluding hydrogens is 781 g/mol. The number of esters is 3. The molecule has 0 fully saturated rings. The first-order chi connectivity index (χ1) is 30.6. The zero-order valence-electron chi connectivity index (χ0n) is 43.4. The predicted octanol–water partition coefficient (Wildman–Crippen LogP) is 18.3. The highest BCUT2D eigenvalue weighted by molar-refractivity contribution is 5.71. The lowest BCUT2D eigenvalue weighted by atomic mass is 9.99. The van der Waals surface area contributed by atoms with Gasteiger partial charge in [0.15, 0.2) is 6.10 Å². The Morgan fingerprint density at radius 2 is 0.556 bits per heavy atom. The number of rotatable bonds is 50. The predicted molar refractivity (Wildman–Crippen MR) is 270 cm³/mol. The molecule has 0 aliphatic carbocycles. The third kappa shape index (κ3) is 49.7. The zero-order valence-corrected chi connectivity index (χ0v) is 43.4. The first-order valence-electron chi connectivity index (χ1n) is 28.1. The minimum absolute atomic E-state index is 0.0647. The van der Waals surface area contributed by atoms with Crippen LogP contribution in [0.5, 0.6) is 0 Å². The van der Waals surface area contributed by atoms with Crippen molar-refractivity contribution in [2.75, 3.05) is 13.2 Å². The summed E-state index contributed by atoms with van der Waals surface area (Å²) in [5, 5.41) is 0. The quantitative estimate of drug-likeness (QED) is 0.0344. The van der Waals surface area contributed by atoms with Crippen molar-refractivity contribution >= 4 is 17.9 Å². The van der Waals surface area contributed by atoms with Crippen molar-refractivity contribution in [3.8, 4) is 0 Å². The van der Waals surface area contributed by atoms with E-state index in [-0.39, 0.29) is 31.1 Å². The third-order valence-corrected chi connectivity index (χ3v) is 13.3. The molecule has 0 aromatic heterocycles. The van der Waals surface area contributed by atoms with Gasteiger partial charge in [-0.15, -0.1) is 0 Å². The summed E-state index contributed by atoms with van der Waals surface area (Å²) < 4.78 is 16.8. The molecule has 0 N–H and O–H groups in total. The van der Waals surface area contributed by atoms with Crippen molar-refractivity contribution in [3.05, 3.63) is 0 Å². The first-order valence-corrected chi connectivity index (χ1v) is 28.1. The molecule has 1 unspecified atom stereocenters. The van der Waals surface area contributed by atoms with Crippen LogP contribution < -0.4 is 0 Å². The fourth-order valence-corrected chi connectivity index (χ4v) is 8.61. The molecule has 0 heterocycles. The Hall–Kier alpha value is -1.59. The molecule has 0 bridgehead atoms. The second-order valence-electron chi connectivity index (χ2n) is 20.8. The van der Waals surface area contributed by atoms with Gasteiger partial charge in [-0.1, -0.05) is 273 Å². The highest BCUT2D eigenvalue weighted by atomic mass is 16.6. The molecule has 63 heavy (non-hydrogen) atoms. The van der Waals surface area contributed by atoms with E-state index in [1.807, 2.05) is 0 Å². The lowest BCUT2D eigenvalue weighted by Gasteiger charge is -2.18. The fraction of sp³-hybridized carbons (Fsp3) is 0.947. The van der Waals surface area contributed by atoms with E-state index in [1.54, 1.807) is 0 Å². The smallest absolute Gasteiger partial charge is 0.306 e. The Balaban J connectivity index is 4.20. The summed E-state index contributed by atoms with van der Waals surface area (Å²) in [5.41, 5.74) is 0. The molecule has 0 saturated carbocycles. The number of unbranched alkanes of at least 4 members (excludes halogenated alkanes) is 32. The molecular formula is C57H110O6. The normalized spacial score (nSPS) is 12.6. The van der Waals surface area contributed by atoms with E-state index in [0.29, 0.717) is 19.3 Å². The molecule has 0 aliphatic rings. The monoisotopic (exact) mass is 891 g/mol. The first kappa shape index (κ1) is 61.4. The Morgan fingerprint density at radius 3 is 0.825 bits per heavy atom. The van der Waals surface area contributed by atoms with E-state index < -0.39 is 6.10 Å². The van der Waals surface area contributed by atoms with Gasteiger partial charge in [-0.25, -0.2) is 0 Å². The van der Waals surface area contributed by atoms with Crippen LogP contribution >= 0.6 is 0 Å². The van der Waals surface area contributed by atoms with Crippen molar-refractivity contribution in [1.82, 2.24) is 0 Å². The second-order valence-corrected chi connectivity index (χ2v) is 20.8. The maximum atomic E-state index is 12.8. The van der Waals surface area contributed by atoms with E-state index in [4.69, 9.17) is 14.2 Å². The molecule has 0 aliphatic heterocycles. The molecule has 0 amide bonds. The Labute approximate surface area is 393 Å². The highest BCUT2D eigenvalue weighted by Crippen LogP contribution is 2.18. The van der Waals surface area contributed by atoms with Gasteiger partial charge < -0.3 is 14.2 Å². The van der Waals surface area contributed by atoms with E-state index >= 15 is 0 Å². The van der Waals surface area contributed by atoms with Crippen molar-refractivity contribution < 1.29 is 28.6 Å². The van der Waals surface area contributed by atoms with Crippen molar-refractivity contribution in [2.45, 2.75) is 317 Å². The maximum Gasteiger partial charge on any atom is 0.306 e. The van der Waals surface area contributed by atoms with Gasteiger partial charge >= 0.3 is 17.9 Å². The molecule has 0 rings (SSSR count). The molecule has 374 valence electrons. The minimum Gasteiger partial charge on any atom is -0.462 e. The van der Waals surface area contributed by atoms with Gasteiger partial charge in [-0.05, 0) is 37.0 Å². The van der Waals surface area contributed by atoms with Gasteiger partial charge in [0.05, 0.1) is 0 Å². The number of carbonyl (C=O) groups is 3. The molecule has 6 nitrogen and oxygen atoms in total. The van der Waals surface area contributed by atoms with Gasteiger partial charge in [0.25, 0.3) is 0 Å². The molecule has 2 atom stereocenters. The highest BCUT2D eigenvalue weighted by Gasteiger charge is 2.19. The van der Waals surface area contributed by atoms with Gasteiger partial charge in [0, 0.05) is 19.3 Å². The SMILES string of the molecule is CCC(C)CCCCCCCCCCCCC(=O)OC[C@H](COC(=O)CCCCCCCCCCCCCCCCCCCCC(C)C)OC(=O)CCCCCCCCCC(C)C. The summed E-state index contributed by atoms with van der Waals surface area (Å²) in [6.07, 6.45) is 49.6. The van der Waals surface area contributed by atoms with Gasteiger partial charge in [-0.2, -0.15) is 0 Å². The van der Waals surface area contributed by atoms with Crippen LogP contribution in [0.1, 0.15) is 311 Å². The summed E-state index contributed by atoms with van der Waals surface area (Å²) in [5.74, 6) is 1.66. The topological polar surface area (TPSA) is 78.9 Å². The fourth-order valence-electron chi connectivity index (χ4n) is 8.61. The number of carbonyl (C=O) groups excluding carboxylic acids is 3. The van der Waals surface area contributed by atoms with Crippen molar-refractivity contribution in [2.24, 2.45) is 17.8 Å². The van der Waals surface area contributed by atoms with Crippen molar-refractivity contribution in [3.63, 3.8) is 0 Å². The second kappa shape index (κ2) is 48.3. The van der Waals surface area contributed by atoms with Gasteiger partial charge in [-0.3, -0.25) is 14.4 Å². The zero-order chi connectivity index (χ0) is 46.3. The molecule has 0 aromatic rings. The van der Waals surface area contributed by atoms with E-state index in [0.717, 1.165) is 75.5 Å². The van der Waals surface area contributed by atoms with Crippen LogP contribution in [0.25, 0.3) is 0 Å². The maximum absolute atomic E-state index is 12.8. The van der Waals surface area contributed by atoms with Crippen LogP contribution in [0.3, 0.4) is 0 Å². The number of hydrogen-bond acceptors (Lipinski definition) is 6. The van der Waals surface area contributed by atoms with Crippen LogP contribution in [0.2, 0.25) is 0 Å². The van der Waals surface area contributed by atoms with E-state index in [1.165, 1.54) is 193 Å². The van der Waals surface area contributed by atoms with Crippen LogP contribution in [0.4, 0.5) is 0 Å². The Bertz CT molecular complexity index is 978. The molecule has 0 radical (unpaired) electrons. The summed E-state index contributed by atoms with van der Waals surface area (Å²) in [6.45, 7) is 13.7. The largest absolute Gasteiger partial charge is 0.462 e. The van der Waals surface area contributed by atoms with Crippen LogP contribution in [0, 0.1) is 17.8 Å². The van der Waals surface area contributed by atoms with Gasteiger partial charge in [0.2, 0.25) is 0 Å². The number of ether oxygens (including phenoxy) is 3. The van der Waals surface area contributed by atoms with Crippen LogP contribution in [-0.2, 0) is 28.6 Å². The standard InChI is InChI=1S/C57H110O6/c1-7-53(6)45-39-33-27-21-18-19-23-29-35-41-47-56(59)62-50-54(63-57(60)48-42-36-30-24-26-32-38-44-52(4)5)49-61-55(58)46-40-34-28-22-17-15-13-11-9-8-10-12-14-16-20-25-31-37-43-51(2)3/h51-54H,7-50H2,1-6H3/t53?,54-/m0/s1. The average Bonchev–Trinajstić information content (AvgIpc) is 3.25. The summed E-state index contributed by atoms with van der Waals surface area (Å²) in [7, 11) is 0. The number of hydrogen-bond donors (Lipinski definition) is 0. The molecule has 0 saturated heterocycles. The Kier molecular flexibility index (Phi) is 47.1. The third-order valence-electron chi connectivity index (χ3n) is 13.3. The lowest BCUT2D eigenvalue weighted by Crippen LogP contribution is -2.30. The van der Waals surface area contributed by atoms with E-state index in [9.17, 15) is 14.4 Å². The molecule has 0 aromatic carbocycles. The van der Waals surface area contributed by atoms with Crippen LogP contribution in [-0.4, -0.2) is 37.2 Å². The molecule has 6 heteroatoms. The summed E-state index contributed by atoms with van der Waals surface area (Å²) in [4.78, 5) is 38.0. The minimum atomic E-state index is -0.763. The van der Waals surface area contributed by atoms with Crippen molar-refractivity contribution in [1.29, 1.82) is 0 Å². The van der Waals surface area contributed by atoms with E-state index in [2.05, 4.69) is 41.5 Å². The lowest BCUT2D eigenvalue weighted by molar-refractivity contribution is -0.167. The molecule has 0 spiro atoms. The van der Waals surface area contributed by atoms with Crippen LogP contribution in [0.15, 0.2) is 0 Å². The Morgan fingerprint density at radius 1 is 0.317 bits per heavy atom. The van der Waals surface area contributed by atoms with Gasteiger partial charge in [0.1, 0.15) is 13.2 Å².